The van der Waals surface area contributed by atoms with E-state index in [1.165, 1.54) is 0 Å². The van der Waals surface area contributed by atoms with Gasteiger partial charge in [0, 0.05) is 0 Å². The van der Waals surface area contributed by atoms with Gasteiger partial charge in [0.2, 0.25) is 0 Å². The maximum atomic E-state index is 10.9. The molecule has 32 valence electrons. The summed E-state index contributed by atoms with van der Waals surface area (Å²) >= 11 is 4.55. The van der Waals surface area contributed by atoms with Crippen molar-refractivity contribution in [3.8, 4) is 0 Å². The Morgan fingerprint density at radius 3 is 2.20 bits per heavy atom. The molecule has 0 aliphatic rings. The number of rotatable bonds is 1. The zero-order valence-corrected chi connectivity index (χ0v) is 3.24. The van der Waals surface area contributed by atoms with E-state index >= 15 is 0 Å². The van der Waals surface area contributed by atoms with E-state index in [1.54, 1.807) is 0 Å². The first-order valence-corrected chi connectivity index (χ1v) is 1.60. The molecular weight excluding hydrogens is 94.5 g/mol. The van der Waals surface area contributed by atoms with Gasteiger partial charge in [-0.25, -0.2) is 4.39 Å². The minimum absolute atomic E-state index is 0.596. The van der Waals surface area contributed by atoms with Gasteiger partial charge in [0.15, 0.2) is 5.63 Å². The monoisotopic (exact) mass is 98.0 g/mol. The zero-order chi connectivity index (χ0) is 4.28. The standard InChI is InChI=1S/C2H4ClFO/c3-2(4)1-5/h2,5H,1H2/t2-/m1/s1. The fourth-order valence-electron chi connectivity index (χ4n) is 0. The van der Waals surface area contributed by atoms with Crippen LogP contribution in [-0.2, 0) is 0 Å². The van der Waals surface area contributed by atoms with Gasteiger partial charge < -0.3 is 5.11 Å². The Balaban J connectivity index is 2.54. The molecule has 0 aromatic rings. The molecule has 0 rings (SSSR count). The second-order valence-electron chi connectivity index (χ2n) is 0.574. The van der Waals surface area contributed by atoms with Crippen molar-refractivity contribution in [3.05, 3.63) is 0 Å². The lowest BCUT2D eigenvalue weighted by Gasteiger charge is -1.82. The first-order valence-electron chi connectivity index (χ1n) is 1.16. The molecule has 0 bridgehead atoms. The molecule has 0 spiro atoms. The predicted octanol–water partition coefficient (Wildman–Crippen LogP) is 0.513. The Kier molecular flexibility index (Phi) is 2.51. The molecule has 0 amide bonds. The van der Waals surface area contributed by atoms with Crippen LogP contribution in [0.5, 0.6) is 0 Å². The molecule has 0 aromatic heterocycles. The SMILES string of the molecule is OC[C@@H](F)Cl. The van der Waals surface area contributed by atoms with Gasteiger partial charge in [-0.05, 0) is 0 Å². The van der Waals surface area contributed by atoms with Crippen LogP contribution < -0.4 is 0 Å². The molecule has 3 heteroatoms. The van der Waals surface area contributed by atoms with Crippen LogP contribution in [0.15, 0.2) is 0 Å². The van der Waals surface area contributed by atoms with E-state index < -0.39 is 12.2 Å². The van der Waals surface area contributed by atoms with Crippen LogP contribution in [0, 0.1) is 0 Å². The minimum Gasteiger partial charge on any atom is -0.392 e. The zero-order valence-electron chi connectivity index (χ0n) is 2.49. The summed E-state index contributed by atoms with van der Waals surface area (Å²) in [5.41, 5.74) is -1.59. The average molecular weight is 98.5 g/mol. The van der Waals surface area contributed by atoms with Crippen molar-refractivity contribution in [1.82, 2.24) is 0 Å². The smallest absolute Gasteiger partial charge is 0.196 e. The molecule has 0 fully saturated rings. The number of hydrogen-bond acceptors (Lipinski definition) is 1. The Morgan fingerprint density at radius 1 is 2.00 bits per heavy atom. The van der Waals surface area contributed by atoms with Crippen molar-refractivity contribution in [3.63, 3.8) is 0 Å². The van der Waals surface area contributed by atoms with E-state index in [2.05, 4.69) is 11.6 Å². The summed E-state index contributed by atoms with van der Waals surface area (Å²) in [5.74, 6) is 0. The van der Waals surface area contributed by atoms with Crippen molar-refractivity contribution < 1.29 is 9.50 Å². The van der Waals surface area contributed by atoms with Gasteiger partial charge in [-0.15, -0.1) is 0 Å². The van der Waals surface area contributed by atoms with E-state index in [1.807, 2.05) is 0 Å². The summed E-state index contributed by atoms with van der Waals surface area (Å²) in [6.07, 6.45) is 0. The highest BCUT2D eigenvalue weighted by Gasteiger charge is 1.90. The van der Waals surface area contributed by atoms with Crippen LogP contribution in [0.4, 0.5) is 4.39 Å². The second kappa shape index (κ2) is 2.42. The minimum atomic E-state index is -1.59. The fourth-order valence-corrected chi connectivity index (χ4v) is 0. The van der Waals surface area contributed by atoms with Gasteiger partial charge in [0.05, 0.1) is 6.61 Å². The van der Waals surface area contributed by atoms with Gasteiger partial charge >= 0.3 is 0 Å². The van der Waals surface area contributed by atoms with Crippen molar-refractivity contribution >= 4 is 11.6 Å². The highest BCUT2D eigenvalue weighted by molar-refractivity contribution is 6.19. The number of hydrogen-bond donors (Lipinski definition) is 1. The maximum absolute atomic E-state index is 10.9. The van der Waals surface area contributed by atoms with E-state index in [-0.39, 0.29) is 0 Å². The van der Waals surface area contributed by atoms with Crippen LogP contribution in [0.1, 0.15) is 0 Å². The molecule has 0 saturated heterocycles. The van der Waals surface area contributed by atoms with E-state index in [0.717, 1.165) is 0 Å². The van der Waals surface area contributed by atoms with Gasteiger partial charge in [0.1, 0.15) is 0 Å². The lowest BCUT2D eigenvalue weighted by molar-refractivity contribution is 0.229. The second-order valence-corrected chi connectivity index (χ2v) is 1.05. The lowest BCUT2D eigenvalue weighted by Crippen LogP contribution is -1.92. The molecule has 0 aromatic carbocycles. The van der Waals surface area contributed by atoms with Gasteiger partial charge in [-0.2, -0.15) is 0 Å². The maximum Gasteiger partial charge on any atom is 0.196 e. The number of alkyl halides is 2. The highest BCUT2D eigenvalue weighted by atomic mass is 35.5. The largest absolute Gasteiger partial charge is 0.392 e. The molecule has 0 heterocycles. The van der Waals surface area contributed by atoms with Gasteiger partial charge in [0.25, 0.3) is 0 Å². The van der Waals surface area contributed by atoms with E-state index in [9.17, 15) is 4.39 Å². The normalized spacial score (nSPS) is 15.0. The molecule has 0 radical (unpaired) electrons. The van der Waals surface area contributed by atoms with Gasteiger partial charge in [-0.1, -0.05) is 11.6 Å². The Bertz CT molecular complexity index is 23.6. The third-order valence-electron chi connectivity index (χ3n) is 0.138. The number of aliphatic hydroxyl groups is 1. The van der Waals surface area contributed by atoms with Crippen LogP contribution in [0.2, 0.25) is 0 Å². The summed E-state index contributed by atoms with van der Waals surface area (Å²) in [4.78, 5) is 0. The number of halogens is 2. The van der Waals surface area contributed by atoms with Crippen molar-refractivity contribution in [1.29, 1.82) is 0 Å². The van der Waals surface area contributed by atoms with Crippen molar-refractivity contribution in [2.75, 3.05) is 6.61 Å². The van der Waals surface area contributed by atoms with Crippen molar-refractivity contribution in [2.24, 2.45) is 0 Å². The summed E-state index contributed by atoms with van der Waals surface area (Å²) in [5, 5.41) is 7.64. The molecule has 5 heavy (non-hydrogen) atoms. The molecule has 0 unspecified atom stereocenters. The first-order chi connectivity index (χ1) is 2.27. The molecule has 0 saturated carbocycles. The van der Waals surface area contributed by atoms with E-state index in [0.29, 0.717) is 0 Å². The third-order valence-corrected chi connectivity index (χ3v) is 0.276. The van der Waals surface area contributed by atoms with Crippen LogP contribution in [-0.4, -0.2) is 17.3 Å². The summed E-state index contributed by atoms with van der Waals surface area (Å²) in [7, 11) is 0. The highest BCUT2D eigenvalue weighted by Crippen LogP contribution is 1.90. The third kappa shape index (κ3) is 4.18. The van der Waals surface area contributed by atoms with Crippen LogP contribution >= 0.6 is 11.6 Å². The van der Waals surface area contributed by atoms with Gasteiger partial charge in [-0.3, -0.25) is 0 Å². The first kappa shape index (κ1) is 5.18. The molecular formula is C2H4ClFO. The number of aliphatic hydroxyl groups excluding tert-OH is 1. The molecule has 0 aliphatic heterocycles. The molecule has 1 nitrogen and oxygen atoms in total. The summed E-state index contributed by atoms with van der Waals surface area (Å²) in [6.45, 7) is -0.596. The fraction of sp³-hybridized carbons (Fsp3) is 1.00. The van der Waals surface area contributed by atoms with Crippen molar-refractivity contribution in [2.45, 2.75) is 5.63 Å². The topological polar surface area (TPSA) is 20.2 Å². The molecule has 1 atom stereocenters. The summed E-state index contributed by atoms with van der Waals surface area (Å²) in [6, 6.07) is 0. The van der Waals surface area contributed by atoms with E-state index in [4.69, 9.17) is 5.11 Å². The average Bonchev–Trinajstić information content (AvgIpc) is 1.38. The molecule has 0 aliphatic carbocycles. The molecule has 1 N–H and O–H groups in total. The Hall–Kier alpha value is 0.180. The lowest BCUT2D eigenvalue weighted by atomic mass is 10.8. The van der Waals surface area contributed by atoms with Crippen LogP contribution in [0.25, 0.3) is 0 Å². The van der Waals surface area contributed by atoms with Crippen LogP contribution in [0.3, 0.4) is 0 Å². The Morgan fingerprint density at radius 2 is 2.20 bits per heavy atom. The predicted molar refractivity (Wildman–Crippen MR) is 17.8 cm³/mol. The Labute approximate surface area is 34.4 Å². The summed E-state index contributed by atoms with van der Waals surface area (Å²) < 4.78 is 10.9. The quantitative estimate of drug-likeness (QED) is 0.474.